The molecule has 5 rings (SSSR count). The molecule has 2 aliphatic rings. The average molecular weight is 589 g/mol. The topological polar surface area (TPSA) is 175 Å². The first-order chi connectivity index (χ1) is 19.2. The van der Waals surface area contributed by atoms with Crippen molar-refractivity contribution in [3.05, 3.63) is 46.1 Å². The third-order valence-electron chi connectivity index (χ3n) is 7.45. The number of aromatic nitrogens is 5. The van der Waals surface area contributed by atoms with Crippen LogP contribution in [0.15, 0.2) is 24.5 Å². The predicted octanol–water partition coefficient (Wildman–Crippen LogP) is 2.52. The van der Waals surface area contributed by atoms with Crippen molar-refractivity contribution in [2.45, 2.75) is 38.3 Å². The molecule has 3 aromatic rings. The van der Waals surface area contributed by atoms with Crippen LogP contribution in [0.1, 0.15) is 47.0 Å². The Balaban J connectivity index is 1.21. The highest BCUT2D eigenvalue weighted by Gasteiger charge is 2.35. The first kappa shape index (κ1) is 27.9. The number of piperazine rings is 1. The maximum atomic E-state index is 13.0. The molecule has 15 heteroatoms. The molecule has 13 nitrogen and oxygen atoms in total. The summed E-state index contributed by atoms with van der Waals surface area (Å²) in [7, 11) is 0. The van der Waals surface area contributed by atoms with Gasteiger partial charge < -0.3 is 26.3 Å². The number of H-pyrrole nitrogens is 1. The molecule has 0 aromatic carbocycles. The Hall–Kier alpha value is -3.68. The van der Waals surface area contributed by atoms with Crippen LogP contribution in [0.25, 0.3) is 0 Å². The summed E-state index contributed by atoms with van der Waals surface area (Å²) in [6.45, 7) is 5.58. The van der Waals surface area contributed by atoms with Gasteiger partial charge in [-0.05, 0) is 31.4 Å². The molecule has 40 heavy (non-hydrogen) atoms. The molecule has 2 amide bonds. The number of amides is 2. The van der Waals surface area contributed by atoms with E-state index in [9.17, 15) is 9.59 Å². The molecule has 0 saturated carbocycles. The zero-order valence-electron chi connectivity index (χ0n) is 22.0. The Morgan fingerprint density at radius 2 is 1.85 bits per heavy atom. The van der Waals surface area contributed by atoms with Crippen molar-refractivity contribution < 1.29 is 9.59 Å². The summed E-state index contributed by atoms with van der Waals surface area (Å²) in [6.07, 6.45) is 5.74. The summed E-state index contributed by atoms with van der Waals surface area (Å²) in [6, 6.07) is 3.80. The van der Waals surface area contributed by atoms with Crippen LogP contribution in [0, 0.1) is 0 Å². The van der Waals surface area contributed by atoms with E-state index in [-0.39, 0.29) is 45.5 Å². The Morgan fingerprint density at radius 1 is 1.07 bits per heavy atom. The van der Waals surface area contributed by atoms with E-state index in [1.54, 1.807) is 18.3 Å². The van der Waals surface area contributed by atoms with E-state index in [0.29, 0.717) is 43.6 Å². The number of rotatable bonds is 6. The van der Waals surface area contributed by atoms with Crippen molar-refractivity contribution in [3.63, 3.8) is 0 Å². The zero-order chi connectivity index (χ0) is 28.4. The highest BCUT2D eigenvalue weighted by atomic mass is 35.5. The molecule has 0 aliphatic carbocycles. The fraction of sp³-hybridized carbons (Fsp3) is 0.440. The molecule has 2 fully saturated rings. The largest absolute Gasteiger partial charge is 0.383 e. The molecule has 0 spiro atoms. The van der Waals surface area contributed by atoms with E-state index < -0.39 is 5.91 Å². The molecule has 0 radical (unpaired) electrons. The summed E-state index contributed by atoms with van der Waals surface area (Å²) in [5.74, 6) is 0.201. The fourth-order valence-electron chi connectivity index (χ4n) is 5.40. The van der Waals surface area contributed by atoms with E-state index in [4.69, 9.17) is 34.7 Å². The van der Waals surface area contributed by atoms with E-state index in [1.807, 2.05) is 4.90 Å². The molecule has 2 saturated heterocycles. The number of halogens is 2. The number of hydrogen-bond acceptors (Lipinski definition) is 10. The summed E-state index contributed by atoms with van der Waals surface area (Å²) >= 11 is 12.4. The van der Waals surface area contributed by atoms with Gasteiger partial charge in [-0.15, -0.1) is 0 Å². The van der Waals surface area contributed by atoms with Gasteiger partial charge in [0.15, 0.2) is 22.5 Å². The van der Waals surface area contributed by atoms with Crippen molar-refractivity contribution >= 4 is 58.4 Å². The van der Waals surface area contributed by atoms with Gasteiger partial charge in [0, 0.05) is 57.2 Å². The quantitative estimate of drug-likeness (QED) is 0.313. The summed E-state index contributed by atoms with van der Waals surface area (Å²) < 4.78 is 0. The number of anilines is 4. The maximum Gasteiger partial charge on any atom is 0.280 e. The predicted molar refractivity (Wildman–Crippen MR) is 154 cm³/mol. The van der Waals surface area contributed by atoms with Crippen molar-refractivity contribution in [2.75, 3.05) is 54.4 Å². The Bertz CT molecular complexity index is 1380. The van der Waals surface area contributed by atoms with Crippen molar-refractivity contribution in [3.8, 4) is 0 Å². The van der Waals surface area contributed by atoms with Gasteiger partial charge in [0.1, 0.15) is 11.0 Å². The normalized spacial score (nSPS) is 18.6. The number of imidazole rings is 1. The molecule has 0 unspecified atom stereocenters. The van der Waals surface area contributed by atoms with Crippen molar-refractivity contribution in [1.29, 1.82) is 0 Å². The van der Waals surface area contributed by atoms with Crippen LogP contribution in [0.4, 0.5) is 23.4 Å². The Morgan fingerprint density at radius 3 is 2.52 bits per heavy atom. The monoisotopic (exact) mass is 587 g/mol. The van der Waals surface area contributed by atoms with Crippen LogP contribution >= 0.6 is 23.2 Å². The van der Waals surface area contributed by atoms with Gasteiger partial charge in [-0.2, -0.15) is 0 Å². The lowest BCUT2D eigenvalue weighted by Gasteiger charge is -2.47. The molecular weight excluding hydrogens is 557 g/mol. The molecular formula is C25H31Cl2N11O2. The van der Waals surface area contributed by atoms with Gasteiger partial charge in [0.2, 0.25) is 5.95 Å². The zero-order valence-corrected chi connectivity index (χ0v) is 23.5. The lowest BCUT2D eigenvalue weighted by atomic mass is 9.97. The summed E-state index contributed by atoms with van der Waals surface area (Å²) in [5, 5.41) is 2.96. The minimum absolute atomic E-state index is 0.00695. The molecule has 3 aromatic heterocycles. The van der Waals surface area contributed by atoms with Gasteiger partial charge in [-0.25, -0.2) is 19.9 Å². The van der Waals surface area contributed by atoms with E-state index in [2.05, 4.69) is 47.0 Å². The van der Waals surface area contributed by atoms with Crippen LogP contribution in [0.3, 0.4) is 0 Å². The van der Waals surface area contributed by atoms with E-state index >= 15 is 0 Å². The van der Waals surface area contributed by atoms with Crippen LogP contribution in [-0.4, -0.2) is 91.3 Å². The van der Waals surface area contributed by atoms with Gasteiger partial charge in [-0.3, -0.25) is 19.8 Å². The number of piperidine rings is 1. The number of nitrogens with zero attached hydrogens (tertiary/aromatic N) is 7. The number of nitrogens with two attached hydrogens (primary N) is 2. The van der Waals surface area contributed by atoms with Gasteiger partial charge in [0.05, 0.1) is 5.56 Å². The second-order valence-electron chi connectivity index (χ2n) is 9.80. The van der Waals surface area contributed by atoms with Crippen molar-refractivity contribution in [1.82, 2.24) is 34.7 Å². The lowest BCUT2D eigenvalue weighted by molar-refractivity contribution is 0.0491. The highest BCUT2D eigenvalue weighted by molar-refractivity contribution is 6.32. The van der Waals surface area contributed by atoms with Crippen LogP contribution in [0.2, 0.25) is 10.3 Å². The highest BCUT2D eigenvalue weighted by Crippen LogP contribution is 2.30. The Labute approximate surface area is 241 Å². The van der Waals surface area contributed by atoms with Gasteiger partial charge >= 0.3 is 0 Å². The lowest BCUT2D eigenvalue weighted by Crippen LogP contribution is -2.58. The molecule has 6 N–H and O–H groups in total. The third-order valence-corrected chi connectivity index (χ3v) is 7.91. The number of carbonyl (C=O) groups excluding carboxylic acids is 2. The summed E-state index contributed by atoms with van der Waals surface area (Å²) in [4.78, 5) is 51.5. The molecule has 0 bridgehead atoms. The molecule has 2 aliphatic heterocycles. The Kier molecular flexibility index (Phi) is 8.24. The number of carbonyl (C=O) groups is 2. The van der Waals surface area contributed by atoms with Crippen LogP contribution < -0.4 is 21.7 Å². The first-order valence-corrected chi connectivity index (χ1v) is 13.9. The number of likely N-dealkylation sites (tertiary alicyclic amines) is 1. The number of hydrogen-bond donors (Lipinski definition) is 4. The van der Waals surface area contributed by atoms with Crippen molar-refractivity contribution in [2.24, 2.45) is 0 Å². The number of aromatic amines is 1. The number of pyridine rings is 1. The molecule has 5 heterocycles. The number of nitrogen functional groups attached to an aromatic ring is 2. The summed E-state index contributed by atoms with van der Waals surface area (Å²) in [5.41, 5.74) is 12.4. The second-order valence-corrected chi connectivity index (χ2v) is 10.5. The standard InChI is InChI=1S/C25H31Cl2N11O2/c1-2-14-13-37(22-19(27)33-18(21(29)34-22)23(39)35-25-30-7-8-31-25)11-12-38(14)15-5-9-36(10-6-15)24(40)16-3-4-17(26)32-20(16)28/h3-4,7-8,14-15H,2,5-6,9-13H2,1H3,(H2,28,32)(H2,29,34)(H2,30,31,35,39)/t14-/m0/s1. The third kappa shape index (κ3) is 5.76. The minimum Gasteiger partial charge on any atom is -0.383 e. The molecule has 212 valence electrons. The minimum atomic E-state index is -0.551. The second kappa shape index (κ2) is 11.8. The van der Waals surface area contributed by atoms with Gasteiger partial charge in [-0.1, -0.05) is 30.1 Å². The van der Waals surface area contributed by atoms with E-state index in [1.165, 1.54) is 6.20 Å². The number of nitrogens with one attached hydrogen (secondary N) is 2. The fourth-order valence-corrected chi connectivity index (χ4v) is 5.80. The molecule has 1 atom stereocenters. The van der Waals surface area contributed by atoms with Crippen LogP contribution in [0.5, 0.6) is 0 Å². The van der Waals surface area contributed by atoms with Gasteiger partial charge in [0.25, 0.3) is 11.8 Å². The maximum absolute atomic E-state index is 13.0. The van der Waals surface area contributed by atoms with Crippen LogP contribution in [-0.2, 0) is 0 Å². The van der Waals surface area contributed by atoms with E-state index in [0.717, 1.165) is 25.8 Å². The first-order valence-electron chi connectivity index (χ1n) is 13.1. The smallest absolute Gasteiger partial charge is 0.280 e. The average Bonchev–Trinajstić information content (AvgIpc) is 3.46. The SMILES string of the molecule is CC[C@H]1CN(c2nc(N)c(C(=O)Nc3ncc[nH]3)nc2Cl)CCN1C1CCN(C(=O)c2ccc(Cl)nc2N)CC1.